The number of halogens is 3. The highest BCUT2D eigenvalue weighted by molar-refractivity contribution is 5.84. The molecule has 33 heavy (non-hydrogen) atoms. The second-order valence-corrected chi connectivity index (χ2v) is 7.30. The molecule has 0 spiro atoms. The molecule has 0 aliphatic heterocycles. The quantitative estimate of drug-likeness (QED) is 0.279. The molecule has 0 aliphatic carbocycles. The van der Waals surface area contributed by atoms with Gasteiger partial charge in [-0.05, 0) is 47.7 Å². The molecular weight excluding hydrogens is 425 g/mol. The Morgan fingerprint density at radius 3 is 2.45 bits per heavy atom. The highest BCUT2D eigenvalue weighted by atomic mass is 19.2. The normalized spacial score (nSPS) is 10.5. The van der Waals surface area contributed by atoms with Crippen molar-refractivity contribution in [2.75, 3.05) is 6.61 Å². The summed E-state index contributed by atoms with van der Waals surface area (Å²) in [4.78, 5) is 8.50. The Balaban J connectivity index is 1.43. The van der Waals surface area contributed by atoms with Crippen molar-refractivity contribution in [2.24, 2.45) is 0 Å². The van der Waals surface area contributed by atoms with Crippen molar-refractivity contribution in [1.29, 1.82) is 0 Å². The minimum Gasteiger partial charge on any atom is -0.486 e. The van der Waals surface area contributed by atoms with E-state index in [0.717, 1.165) is 11.6 Å². The Kier molecular flexibility index (Phi) is 6.70. The molecule has 0 saturated carbocycles. The van der Waals surface area contributed by atoms with Gasteiger partial charge < -0.3 is 4.74 Å². The van der Waals surface area contributed by atoms with Gasteiger partial charge in [0.05, 0.1) is 18.0 Å². The van der Waals surface area contributed by atoms with Crippen LogP contribution < -0.4 is 4.74 Å². The number of aryl methyl sites for hydroxylation is 2. The van der Waals surface area contributed by atoms with Crippen molar-refractivity contribution in [1.82, 2.24) is 9.97 Å². The van der Waals surface area contributed by atoms with E-state index >= 15 is 0 Å². The average molecular weight is 444 g/mol. The van der Waals surface area contributed by atoms with Gasteiger partial charge >= 0.3 is 0 Å². The summed E-state index contributed by atoms with van der Waals surface area (Å²) in [5.74, 6) is 4.67. The topological polar surface area (TPSA) is 35.0 Å². The molecule has 0 radical (unpaired) electrons. The summed E-state index contributed by atoms with van der Waals surface area (Å²) in [5.41, 5.74) is 1.63. The Morgan fingerprint density at radius 1 is 0.879 bits per heavy atom. The van der Waals surface area contributed by atoms with Crippen LogP contribution in [0, 0.1) is 29.3 Å². The van der Waals surface area contributed by atoms with Gasteiger partial charge in [0.2, 0.25) is 0 Å². The highest BCUT2D eigenvalue weighted by Crippen LogP contribution is 2.21. The summed E-state index contributed by atoms with van der Waals surface area (Å²) in [6.45, 7) is 3.97. The van der Waals surface area contributed by atoms with Gasteiger partial charge in [0, 0.05) is 17.4 Å². The van der Waals surface area contributed by atoms with Crippen molar-refractivity contribution >= 4 is 10.8 Å². The zero-order chi connectivity index (χ0) is 23.2. The number of rotatable bonds is 6. The molecule has 0 saturated heterocycles. The lowest BCUT2D eigenvalue weighted by Crippen LogP contribution is -2.00. The maximum absolute atomic E-state index is 14.6. The van der Waals surface area contributed by atoms with Crippen LogP contribution >= 0.6 is 0 Å². The lowest BCUT2D eigenvalue weighted by molar-refractivity contribution is 0.359. The molecule has 3 aromatic carbocycles. The summed E-state index contributed by atoms with van der Waals surface area (Å²) in [6.07, 6.45) is 5.97. The zero-order valence-electron chi connectivity index (χ0n) is 17.6. The van der Waals surface area contributed by atoms with E-state index in [9.17, 15) is 13.2 Å². The standard InChI is InChI=1S/C27H19F3N2O/c1-2-13-33-22-16-31-26(32-17-22)12-6-19-4-8-20(25(29)15-19)7-3-18-5-10-23-21(14-18)9-11-24(28)27(23)30/h2,4-5,8-11,14-17H,1,6,12-13H2. The number of benzene rings is 3. The summed E-state index contributed by atoms with van der Waals surface area (Å²) in [6, 6.07) is 12.1. The van der Waals surface area contributed by atoms with E-state index in [-0.39, 0.29) is 10.9 Å². The molecule has 0 bridgehead atoms. The molecule has 4 aromatic rings. The first-order chi connectivity index (χ1) is 16.0. The van der Waals surface area contributed by atoms with Crippen LogP contribution in [0.5, 0.6) is 5.75 Å². The molecule has 0 amide bonds. The van der Waals surface area contributed by atoms with Gasteiger partial charge in [-0.1, -0.05) is 42.7 Å². The van der Waals surface area contributed by atoms with Crippen molar-refractivity contribution in [3.8, 4) is 17.6 Å². The smallest absolute Gasteiger partial charge is 0.166 e. The van der Waals surface area contributed by atoms with Crippen molar-refractivity contribution in [2.45, 2.75) is 12.8 Å². The maximum atomic E-state index is 14.6. The van der Waals surface area contributed by atoms with Crippen LogP contribution in [0.4, 0.5) is 13.2 Å². The third-order valence-corrected chi connectivity index (χ3v) is 4.97. The molecular formula is C27H19F3N2O. The van der Waals surface area contributed by atoms with Crippen LogP contribution in [0.3, 0.4) is 0 Å². The van der Waals surface area contributed by atoms with E-state index in [1.54, 1.807) is 36.7 Å². The van der Waals surface area contributed by atoms with Gasteiger partial charge in [0.1, 0.15) is 18.2 Å². The fourth-order valence-electron chi connectivity index (χ4n) is 3.26. The van der Waals surface area contributed by atoms with Gasteiger partial charge in [0.15, 0.2) is 17.4 Å². The van der Waals surface area contributed by atoms with E-state index in [1.165, 1.54) is 18.2 Å². The number of nitrogens with zero attached hydrogens (tertiary/aromatic N) is 2. The molecule has 1 heterocycles. The van der Waals surface area contributed by atoms with Crippen LogP contribution in [-0.4, -0.2) is 16.6 Å². The van der Waals surface area contributed by atoms with E-state index in [1.807, 2.05) is 6.07 Å². The molecule has 0 fully saturated rings. The number of fused-ring (bicyclic) bond motifs is 1. The fourth-order valence-corrected chi connectivity index (χ4v) is 3.26. The third kappa shape index (κ3) is 5.39. The summed E-state index contributed by atoms with van der Waals surface area (Å²) in [5, 5.41) is 0.707. The predicted octanol–water partition coefficient (Wildman–Crippen LogP) is 5.80. The largest absolute Gasteiger partial charge is 0.486 e. The van der Waals surface area contributed by atoms with Crippen molar-refractivity contribution in [3.63, 3.8) is 0 Å². The molecule has 0 N–H and O–H groups in total. The Bertz CT molecular complexity index is 1370. The second kappa shape index (κ2) is 10.0. The summed E-state index contributed by atoms with van der Waals surface area (Å²) in [7, 11) is 0. The number of aromatic nitrogens is 2. The van der Waals surface area contributed by atoms with Gasteiger partial charge in [-0.3, -0.25) is 0 Å². The first-order valence-electron chi connectivity index (χ1n) is 10.3. The summed E-state index contributed by atoms with van der Waals surface area (Å²) < 4.78 is 47.1. The van der Waals surface area contributed by atoms with Crippen molar-refractivity contribution in [3.05, 3.63) is 114 Å². The maximum Gasteiger partial charge on any atom is 0.166 e. The predicted molar refractivity (Wildman–Crippen MR) is 121 cm³/mol. The van der Waals surface area contributed by atoms with E-state index in [4.69, 9.17) is 4.74 Å². The highest BCUT2D eigenvalue weighted by Gasteiger charge is 2.07. The number of hydrogen-bond acceptors (Lipinski definition) is 3. The zero-order valence-corrected chi connectivity index (χ0v) is 17.6. The van der Waals surface area contributed by atoms with Crippen LogP contribution in [-0.2, 0) is 12.8 Å². The van der Waals surface area contributed by atoms with E-state index in [0.29, 0.717) is 42.0 Å². The number of ether oxygens (including phenoxy) is 1. The minimum absolute atomic E-state index is 0.180. The first-order valence-corrected chi connectivity index (χ1v) is 10.3. The monoisotopic (exact) mass is 444 g/mol. The van der Waals surface area contributed by atoms with Gasteiger partial charge in [-0.2, -0.15) is 0 Å². The van der Waals surface area contributed by atoms with Gasteiger partial charge in [0.25, 0.3) is 0 Å². The van der Waals surface area contributed by atoms with Crippen LogP contribution in [0.25, 0.3) is 10.8 Å². The second-order valence-electron chi connectivity index (χ2n) is 7.30. The molecule has 0 unspecified atom stereocenters. The van der Waals surface area contributed by atoms with E-state index in [2.05, 4.69) is 28.4 Å². The molecule has 6 heteroatoms. The lowest BCUT2D eigenvalue weighted by atomic mass is 10.0. The Morgan fingerprint density at radius 2 is 1.70 bits per heavy atom. The first kappa shape index (κ1) is 22.1. The molecule has 164 valence electrons. The lowest BCUT2D eigenvalue weighted by Gasteiger charge is -2.05. The minimum atomic E-state index is -0.899. The molecule has 1 aromatic heterocycles. The van der Waals surface area contributed by atoms with Crippen LogP contribution in [0.2, 0.25) is 0 Å². The molecule has 0 aliphatic rings. The molecule has 4 rings (SSSR count). The van der Waals surface area contributed by atoms with Gasteiger partial charge in [-0.25, -0.2) is 23.1 Å². The van der Waals surface area contributed by atoms with Crippen molar-refractivity contribution < 1.29 is 17.9 Å². The average Bonchev–Trinajstić information content (AvgIpc) is 2.84. The molecule has 3 nitrogen and oxygen atoms in total. The van der Waals surface area contributed by atoms with Gasteiger partial charge in [-0.15, -0.1) is 0 Å². The third-order valence-electron chi connectivity index (χ3n) is 4.97. The fraction of sp³-hybridized carbons (Fsp3) is 0.111. The Labute approximate surface area is 189 Å². The van der Waals surface area contributed by atoms with Crippen LogP contribution in [0.1, 0.15) is 22.5 Å². The molecule has 0 atom stereocenters. The van der Waals surface area contributed by atoms with Crippen LogP contribution in [0.15, 0.2) is 73.6 Å². The number of hydrogen-bond donors (Lipinski definition) is 0. The SMILES string of the molecule is C=CCOc1cnc(CCc2ccc(C#Cc3ccc4c(F)c(F)ccc4c3)c(F)c2)nc1. The van der Waals surface area contributed by atoms with E-state index < -0.39 is 17.5 Å². The Hall–Kier alpha value is -4.11. The summed E-state index contributed by atoms with van der Waals surface area (Å²) >= 11 is 0.